The molecule has 8 heteroatoms. The third-order valence-corrected chi connectivity index (χ3v) is 3.92. The molecule has 1 aromatic carbocycles. The van der Waals surface area contributed by atoms with E-state index in [1.54, 1.807) is 18.3 Å². The van der Waals surface area contributed by atoms with Crippen molar-refractivity contribution in [3.05, 3.63) is 65.6 Å². The normalized spacial score (nSPS) is 10.5. The number of ketones is 1. The van der Waals surface area contributed by atoms with Crippen molar-refractivity contribution in [1.29, 1.82) is 0 Å². The lowest BCUT2D eigenvalue weighted by Gasteiger charge is -2.09. The van der Waals surface area contributed by atoms with Gasteiger partial charge in [0.15, 0.2) is 5.78 Å². The molecule has 2 heterocycles. The lowest BCUT2D eigenvalue weighted by Crippen LogP contribution is -2.12. The fraction of sp³-hybridized carbons (Fsp3) is 0.250. The summed E-state index contributed by atoms with van der Waals surface area (Å²) in [4.78, 5) is 29.7. The zero-order valence-corrected chi connectivity index (χ0v) is 15.6. The van der Waals surface area contributed by atoms with Crippen LogP contribution in [0, 0.1) is 0 Å². The maximum Gasteiger partial charge on any atom is 0.233 e. The number of pyridine rings is 1. The average molecular weight is 378 g/mol. The van der Waals surface area contributed by atoms with Gasteiger partial charge >= 0.3 is 0 Å². The maximum atomic E-state index is 12.6. The second-order valence-electron chi connectivity index (χ2n) is 6.04. The Morgan fingerprint density at radius 1 is 1.07 bits per heavy atom. The Hall–Kier alpha value is -3.39. The van der Waals surface area contributed by atoms with Crippen LogP contribution in [0.15, 0.2) is 48.7 Å². The Labute approximate surface area is 163 Å². The maximum absolute atomic E-state index is 12.6. The number of rotatable bonds is 9. The highest BCUT2D eigenvalue weighted by Crippen LogP contribution is 2.15. The average Bonchev–Trinajstić information content (AvgIpc) is 2.73. The molecule has 0 unspecified atom stereocenters. The fourth-order valence-corrected chi connectivity index (χ4v) is 2.55. The molecule has 0 radical (unpaired) electrons. The third-order valence-electron chi connectivity index (χ3n) is 3.92. The summed E-state index contributed by atoms with van der Waals surface area (Å²) in [6.07, 6.45) is 2.53. The number of nitrogens with zero attached hydrogens (tertiary/aromatic N) is 4. The molecule has 144 valence electrons. The summed E-state index contributed by atoms with van der Waals surface area (Å²) in [5, 5.41) is 14.9. The van der Waals surface area contributed by atoms with Crippen LogP contribution < -0.4 is 10.6 Å². The molecule has 0 atom stereocenters. The van der Waals surface area contributed by atoms with Crippen LogP contribution in [0.1, 0.15) is 28.7 Å². The summed E-state index contributed by atoms with van der Waals surface area (Å²) in [6, 6.07) is 13.0. The van der Waals surface area contributed by atoms with Gasteiger partial charge in [0.25, 0.3) is 0 Å². The Balaban J connectivity index is 1.76. The smallest absolute Gasteiger partial charge is 0.233 e. The van der Waals surface area contributed by atoms with Crippen LogP contribution in [0.25, 0.3) is 0 Å². The third kappa shape index (κ3) is 5.31. The van der Waals surface area contributed by atoms with Crippen molar-refractivity contribution < 1.29 is 9.90 Å². The summed E-state index contributed by atoms with van der Waals surface area (Å²) >= 11 is 0. The van der Waals surface area contributed by atoms with E-state index in [2.05, 4.69) is 30.6 Å². The molecule has 8 nitrogen and oxygen atoms in total. The zero-order chi connectivity index (χ0) is 19.8. The summed E-state index contributed by atoms with van der Waals surface area (Å²) in [6.45, 7) is 2.26. The quantitative estimate of drug-likeness (QED) is 0.487. The van der Waals surface area contributed by atoms with Crippen LogP contribution in [-0.2, 0) is 12.8 Å². The van der Waals surface area contributed by atoms with Crippen LogP contribution in [0.3, 0.4) is 0 Å². The number of aliphatic hydroxyl groups is 1. The van der Waals surface area contributed by atoms with Gasteiger partial charge in [-0.15, -0.1) is 0 Å². The highest BCUT2D eigenvalue weighted by atomic mass is 16.3. The highest BCUT2D eigenvalue weighted by molar-refractivity contribution is 5.98. The lowest BCUT2D eigenvalue weighted by molar-refractivity contribution is 0.0993. The second kappa shape index (κ2) is 9.52. The number of aromatic nitrogens is 4. The first-order valence-electron chi connectivity index (χ1n) is 9.08. The summed E-state index contributed by atoms with van der Waals surface area (Å²) < 4.78 is 0. The molecule has 0 saturated carbocycles. The molecule has 0 aliphatic heterocycles. The molecule has 3 aromatic rings. The van der Waals surface area contributed by atoms with Gasteiger partial charge in [0, 0.05) is 31.1 Å². The lowest BCUT2D eigenvalue weighted by atomic mass is 10.0. The van der Waals surface area contributed by atoms with Gasteiger partial charge < -0.3 is 15.7 Å². The van der Waals surface area contributed by atoms with Gasteiger partial charge in [-0.3, -0.25) is 4.79 Å². The van der Waals surface area contributed by atoms with E-state index in [1.165, 1.54) is 0 Å². The Morgan fingerprint density at radius 3 is 2.61 bits per heavy atom. The van der Waals surface area contributed by atoms with Crippen molar-refractivity contribution in [2.45, 2.75) is 19.8 Å². The van der Waals surface area contributed by atoms with E-state index in [9.17, 15) is 4.79 Å². The molecule has 0 saturated heterocycles. The van der Waals surface area contributed by atoms with Gasteiger partial charge in [0.05, 0.1) is 6.61 Å². The van der Waals surface area contributed by atoms with Crippen LogP contribution in [0.5, 0.6) is 0 Å². The van der Waals surface area contributed by atoms with Crippen molar-refractivity contribution >= 4 is 23.5 Å². The molecular formula is C20H22N6O2. The van der Waals surface area contributed by atoms with Gasteiger partial charge in [-0.05, 0) is 17.7 Å². The van der Waals surface area contributed by atoms with Gasteiger partial charge in [0.2, 0.25) is 11.9 Å². The van der Waals surface area contributed by atoms with Gasteiger partial charge in [-0.1, -0.05) is 37.3 Å². The number of Topliss-reactive ketones (excluding diaryl/α,β-unsaturated/α-hetero) is 1. The molecule has 3 rings (SSSR count). The predicted molar refractivity (Wildman–Crippen MR) is 107 cm³/mol. The summed E-state index contributed by atoms with van der Waals surface area (Å²) in [7, 11) is 0. The molecular weight excluding hydrogens is 356 g/mol. The SMILES string of the molecule is CCc1nc(NCCO)nc(Nc2cc(C(=O)Cc3ccccc3)ccn2)n1. The number of nitrogens with one attached hydrogen (secondary N) is 2. The number of carbonyl (C=O) groups excluding carboxylic acids is 1. The van der Waals surface area contributed by atoms with Crippen LogP contribution in [0.4, 0.5) is 17.7 Å². The number of anilines is 3. The first-order valence-corrected chi connectivity index (χ1v) is 9.08. The number of hydrogen-bond donors (Lipinski definition) is 3. The first kappa shape index (κ1) is 19.4. The molecule has 0 spiro atoms. The van der Waals surface area contributed by atoms with E-state index in [0.717, 1.165) is 5.56 Å². The van der Waals surface area contributed by atoms with E-state index in [0.29, 0.717) is 48.5 Å². The minimum absolute atomic E-state index is 0.00634. The second-order valence-corrected chi connectivity index (χ2v) is 6.04. The topological polar surface area (TPSA) is 113 Å². The van der Waals surface area contributed by atoms with Gasteiger partial charge in [-0.2, -0.15) is 15.0 Å². The van der Waals surface area contributed by atoms with Crippen molar-refractivity contribution in [3.8, 4) is 0 Å². The van der Waals surface area contributed by atoms with E-state index >= 15 is 0 Å². The molecule has 3 N–H and O–H groups in total. The fourth-order valence-electron chi connectivity index (χ4n) is 2.55. The molecule has 0 bridgehead atoms. The van der Waals surface area contributed by atoms with Crippen molar-refractivity contribution in [3.63, 3.8) is 0 Å². The van der Waals surface area contributed by atoms with Crippen LogP contribution >= 0.6 is 0 Å². The minimum Gasteiger partial charge on any atom is -0.395 e. The number of carbonyl (C=O) groups is 1. The Kier molecular flexibility index (Phi) is 6.59. The first-order chi connectivity index (χ1) is 13.7. The minimum atomic E-state index is -0.0248. The van der Waals surface area contributed by atoms with E-state index in [1.807, 2.05) is 37.3 Å². The Bertz CT molecular complexity index is 933. The van der Waals surface area contributed by atoms with Crippen LogP contribution in [0.2, 0.25) is 0 Å². The van der Waals surface area contributed by atoms with E-state index in [4.69, 9.17) is 5.11 Å². The number of aryl methyl sites for hydroxylation is 1. The standard InChI is InChI=1S/C20H22N6O2/c1-2-17-23-19(22-10-11-27)26-20(24-17)25-18-13-15(8-9-21-18)16(28)12-14-6-4-3-5-7-14/h3-9,13,27H,2,10-12H2,1H3,(H2,21,22,23,24,25,26). The highest BCUT2D eigenvalue weighted by Gasteiger charge is 2.10. The molecule has 2 aromatic heterocycles. The molecule has 0 amide bonds. The summed E-state index contributed by atoms with van der Waals surface area (Å²) in [5.41, 5.74) is 1.52. The van der Waals surface area contributed by atoms with Gasteiger partial charge in [-0.25, -0.2) is 4.98 Å². The number of aliphatic hydroxyl groups excluding tert-OH is 1. The molecule has 0 fully saturated rings. The van der Waals surface area contributed by atoms with Crippen molar-refractivity contribution in [2.24, 2.45) is 0 Å². The van der Waals surface area contributed by atoms with Gasteiger partial charge in [0.1, 0.15) is 11.6 Å². The molecule has 28 heavy (non-hydrogen) atoms. The number of benzene rings is 1. The van der Waals surface area contributed by atoms with E-state index < -0.39 is 0 Å². The molecule has 0 aliphatic rings. The van der Waals surface area contributed by atoms with Crippen LogP contribution in [-0.4, -0.2) is 44.0 Å². The Morgan fingerprint density at radius 2 is 1.86 bits per heavy atom. The molecule has 0 aliphatic carbocycles. The summed E-state index contributed by atoms with van der Waals surface area (Å²) in [5.74, 6) is 1.79. The number of hydrogen-bond acceptors (Lipinski definition) is 8. The predicted octanol–water partition coefficient (Wildman–Crippen LogP) is 2.40. The van der Waals surface area contributed by atoms with E-state index in [-0.39, 0.29) is 12.4 Å². The zero-order valence-electron chi connectivity index (χ0n) is 15.6. The largest absolute Gasteiger partial charge is 0.395 e. The monoisotopic (exact) mass is 378 g/mol. The van der Waals surface area contributed by atoms with Crippen molar-refractivity contribution in [2.75, 3.05) is 23.8 Å². The van der Waals surface area contributed by atoms with Crippen molar-refractivity contribution in [1.82, 2.24) is 19.9 Å².